The van der Waals surface area contributed by atoms with E-state index in [1.807, 2.05) is 86.6 Å². The maximum absolute atomic E-state index is 13.4. The largest absolute Gasteiger partial charge is 0.494 e. The third kappa shape index (κ3) is 7.02. The standard InChI is InChI=1S/C27H27Br2N3O3/c1-17(2)24(27(34)32-30-16-18-14-21(28)25(35-3)22(29)15-18)31-26(33)23(19-10-6-4-7-11-19)20-12-8-5-9-13-20/h4-17,23-24H,1-3H3,(H,31,33)(H,32,34)/b30-16-/t24-/m1/s1. The summed E-state index contributed by atoms with van der Waals surface area (Å²) in [5, 5.41) is 7.03. The molecule has 0 unspecified atom stereocenters. The normalized spacial score (nSPS) is 12.1. The lowest BCUT2D eigenvalue weighted by molar-refractivity contribution is -0.130. The van der Waals surface area contributed by atoms with Gasteiger partial charge in [-0.1, -0.05) is 74.5 Å². The molecule has 2 N–H and O–H groups in total. The van der Waals surface area contributed by atoms with Gasteiger partial charge in [0.2, 0.25) is 5.91 Å². The fraction of sp³-hybridized carbons (Fsp3) is 0.222. The Morgan fingerprint density at radius 3 is 1.86 bits per heavy atom. The summed E-state index contributed by atoms with van der Waals surface area (Å²) in [4.78, 5) is 26.4. The molecule has 0 heterocycles. The average Bonchev–Trinajstić information content (AvgIpc) is 2.83. The minimum absolute atomic E-state index is 0.148. The molecule has 0 aliphatic carbocycles. The smallest absolute Gasteiger partial charge is 0.262 e. The molecule has 0 fully saturated rings. The molecule has 0 aromatic heterocycles. The first kappa shape index (κ1) is 26.6. The van der Waals surface area contributed by atoms with E-state index in [1.54, 1.807) is 7.11 Å². The number of hydrogen-bond donors (Lipinski definition) is 2. The number of ether oxygens (including phenoxy) is 1. The van der Waals surface area contributed by atoms with Gasteiger partial charge in [0.15, 0.2) is 0 Å². The summed E-state index contributed by atoms with van der Waals surface area (Å²) in [5.74, 6) is -0.658. The Bertz CT molecular complexity index is 1120. The number of benzene rings is 3. The molecule has 3 aromatic carbocycles. The van der Waals surface area contributed by atoms with Gasteiger partial charge in [-0.25, -0.2) is 5.43 Å². The average molecular weight is 601 g/mol. The van der Waals surface area contributed by atoms with E-state index in [0.29, 0.717) is 5.75 Å². The van der Waals surface area contributed by atoms with Crippen LogP contribution in [0.2, 0.25) is 0 Å². The van der Waals surface area contributed by atoms with Crippen LogP contribution in [-0.2, 0) is 9.59 Å². The van der Waals surface area contributed by atoms with E-state index in [4.69, 9.17) is 4.74 Å². The van der Waals surface area contributed by atoms with Crippen molar-refractivity contribution in [2.45, 2.75) is 25.8 Å². The van der Waals surface area contributed by atoms with Crippen molar-refractivity contribution in [3.8, 4) is 5.75 Å². The molecule has 3 aromatic rings. The van der Waals surface area contributed by atoms with Crippen molar-refractivity contribution in [1.29, 1.82) is 0 Å². The number of carbonyl (C=O) groups excluding carboxylic acids is 2. The van der Waals surface area contributed by atoms with Crippen LogP contribution >= 0.6 is 31.9 Å². The molecular weight excluding hydrogens is 574 g/mol. The van der Waals surface area contributed by atoms with Gasteiger partial charge < -0.3 is 10.1 Å². The Balaban J connectivity index is 1.75. The molecule has 0 radical (unpaired) electrons. The first-order valence-corrected chi connectivity index (χ1v) is 12.7. The highest BCUT2D eigenvalue weighted by molar-refractivity contribution is 9.11. The summed E-state index contributed by atoms with van der Waals surface area (Å²) in [6.45, 7) is 3.76. The number of nitrogens with zero attached hydrogens (tertiary/aromatic N) is 1. The number of amides is 2. The zero-order chi connectivity index (χ0) is 25.4. The van der Waals surface area contributed by atoms with Crippen LogP contribution in [0.25, 0.3) is 0 Å². The van der Waals surface area contributed by atoms with Gasteiger partial charge in [0.05, 0.1) is 28.2 Å². The Hall–Kier alpha value is -2.97. The molecule has 3 rings (SSSR count). The van der Waals surface area contributed by atoms with Gasteiger partial charge >= 0.3 is 0 Å². The summed E-state index contributed by atoms with van der Waals surface area (Å²) >= 11 is 6.90. The van der Waals surface area contributed by atoms with Gasteiger partial charge in [0.25, 0.3) is 5.91 Å². The van der Waals surface area contributed by atoms with E-state index >= 15 is 0 Å². The first-order chi connectivity index (χ1) is 16.8. The Labute approximate surface area is 222 Å². The van der Waals surface area contributed by atoms with E-state index in [1.165, 1.54) is 6.21 Å². The van der Waals surface area contributed by atoms with Crippen molar-refractivity contribution in [2.75, 3.05) is 7.11 Å². The molecule has 0 aliphatic rings. The molecule has 8 heteroatoms. The minimum atomic E-state index is -0.760. The summed E-state index contributed by atoms with van der Waals surface area (Å²) < 4.78 is 6.81. The summed E-state index contributed by atoms with van der Waals surface area (Å²) in [5.41, 5.74) is 5.02. The second-order valence-corrected chi connectivity index (χ2v) is 9.95. The molecule has 0 saturated heterocycles. The third-order valence-electron chi connectivity index (χ3n) is 5.39. The number of carbonyl (C=O) groups is 2. The first-order valence-electron chi connectivity index (χ1n) is 11.1. The molecule has 1 atom stereocenters. The lowest BCUT2D eigenvalue weighted by Crippen LogP contribution is -2.50. The number of halogens is 2. The second kappa shape index (κ2) is 12.7. The van der Waals surface area contributed by atoms with Crippen molar-refractivity contribution in [2.24, 2.45) is 11.0 Å². The van der Waals surface area contributed by atoms with Crippen LogP contribution < -0.4 is 15.5 Å². The van der Waals surface area contributed by atoms with Gasteiger partial charge in [-0.2, -0.15) is 5.10 Å². The fourth-order valence-electron chi connectivity index (χ4n) is 3.65. The highest BCUT2D eigenvalue weighted by atomic mass is 79.9. The van der Waals surface area contributed by atoms with Crippen molar-refractivity contribution in [3.63, 3.8) is 0 Å². The number of methoxy groups -OCH3 is 1. The molecular formula is C27H27Br2N3O3. The highest BCUT2D eigenvalue weighted by Gasteiger charge is 2.29. The van der Waals surface area contributed by atoms with E-state index in [0.717, 1.165) is 25.6 Å². The minimum Gasteiger partial charge on any atom is -0.494 e. The number of hydrazone groups is 1. The number of hydrogen-bond acceptors (Lipinski definition) is 4. The summed E-state index contributed by atoms with van der Waals surface area (Å²) in [7, 11) is 1.58. The lowest BCUT2D eigenvalue weighted by atomic mass is 9.89. The topological polar surface area (TPSA) is 79.8 Å². The van der Waals surface area contributed by atoms with Crippen molar-refractivity contribution in [3.05, 3.63) is 98.4 Å². The van der Waals surface area contributed by atoms with Crippen LogP contribution in [0.5, 0.6) is 5.75 Å². The molecule has 35 heavy (non-hydrogen) atoms. The maximum atomic E-state index is 13.4. The molecule has 0 spiro atoms. The van der Waals surface area contributed by atoms with Crippen LogP contribution in [-0.4, -0.2) is 31.2 Å². The van der Waals surface area contributed by atoms with Crippen molar-refractivity contribution < 1.29 is 14.3 Å². The van der Waals surface area contributed by atoms with Crippen LogP contribution in [0.4, 0.5) is 0 Å². The monoisotopic (exact) mass is 599 g/mol. The van der Waals surface area contributed by atoms with Gasteiger partial charge in [-0.05, 0) is 66.6 Å². The van der Waals surface area contributed by atoms with E-state index in [9.17, 15) is 9.59 Å². The predicted molar refractivity (Wildman–Crippen MR) is 146 cm³/mol. The predicted octanol–water partition coefficient (Wildman–Crippen LogP) is 5.64. The second-order valence-electron chi connectivity index (χ2n) is 8.24. The van der Waals surface area contributed by atoms with Gasteiger partial charge in [0.1, 0.15) is 11.8 Å². The van der Waals surface area contributed by atoms with Crippen LogP contribution in [0.15, 0.2) is 86.8 Å². The van der Waals surface area contributed by atoms with E-state index < -0.39 is 17.9 Å². The lowest BCUT2D eigenvalue weighted by Gasteiger charge is -2.24. The maximum Gasteiger partial charge on any atom is 0.262 e. The van der Waals surface area contributed by atoms with Crippen LogP contribution in [0, 0.1) is 5.92 Å². The SMILES string of the molecule is COc1c(Br)cc(/C=N\NC(=O)[C@H](NC(=O)C(c2ccccc2)c2ccccc2)C(C)C)cc1Br. The zero-order valence-electron chi connectivity index (χ0n) is 19.7. The molecule has 0 bridgehead atoms. The molecule has 182 valence electrons. The number of nitrogens with one attached hydrogen (secondary N) is 2. The fourth-order valence-corrected chi connectivity index (χ4v) is 5.19. The van der Waals surface area contributed by atoms with Crippen molar-refractivity contribution in [1.82, 2.24) is 10.7 Å². The third-order valence-corrected chi connectivity index (χ3v) is 6.57. The highest BCUT2D eigenvalue weighted by Crippen LogP contribution is 2.34. The van der Waals surface area contributed by atoms with Crippen LogP contribution in [0.1, 0.15) is 36.5 Å². The van der Waals surface area contributed by atoms with Gasteiger partial charge in [0, 0.05) is 0 Å². The quantitative estimate of drug-likeness (QED) is 0.246. The molecule has 0 aliphatic heterocycles. The number of rotatable bonds is 9. The Morgan fingerprint density at radius 2 is 1.40 bits per heavy atom. The Kier molecular flexibility index (Phi) is 9.63. The van der Waals surface area contributed by atoms with Gasteiger partial charge in [-0.3, -0.25) is 9.59 Å². The summed E-state index contributed by atoms with van der Waals surface area (Å²) in [6, 6.07) is 22.0. The van der Waals surface area contributed by atoms with Crippen LogP contribution in [0.3, 0.4) is 0 Å². The van der Waals surface area contributed by atoms with Crippen molar-refractivity contribution >= 4 is 49.9 Å². The van der Waals surface area contributed by atoms with Gasteiger partial charge in [-0.15, -0.1) is 0 Å². The molecule has 6 nitrogen and oxygen atoms in total. The van der Waals surface area contributed by atoms with E-state index in [2.05, 4.69) is 47.7 Å². The molecule has 0 saturated carbocycles. The summed E-state index contributed by atoms with van der Waals surface area (Å²) in [6.07, 6.45) is 1.53. The molecule has 2 amide bonds. The van der Waals surface area contributed by atoms with E-state index in [-0.39, 0.29) is 11.8 Å². The zero-order valence-corrected chi connectivity index (χ0v) is 22.8. The Morgan fingerprint density at radius 1 is 0.886 bits per heavy atom.